The first-order valence-electron chi connectivity index (χ1n) is 6.44. The number of carboxylic acid groups (broad SMARTS) is 1. The number of halogens is 3. The molecule has 0 bridgehead atoms. The predicted molar refractivity (Wildman–Crippen MR) is 71.0 cm³/mol. The number of hydrogen-bond donors (Lipinski definition) is 2. The molecule has 3 N–H and O–H groups in total. The summed E-state index contributed by atoms with van der Waals surface area (Å²) in [5, 5.41) is 7.12. The number of aliphatic carboxylic acids is 1. The van der Waals surface area contributed by atoms with Crippen molar-refractivity contribution in [3.8, 4) is 0 Å². The summed E-state index contributed by atoms with van der Waals surface area (Å²) in [4.78, 5) is 20.5. The zero-order chi connectivity index (χ0) is 17.0. The van der Waals surface area contributed by atoms with E-state index in [1.165, 1.54) is 0 Å². The molecule has 1 fully saturated rings. The van der Waals surface area contributed by atoms with Crippen LogP contribution in [0.3, 0.4) is 0 Å². The van der Waals surface area contributed by atoms with E-state index < -0.39 is 17.7 Å². The van der Waals surface area contributed by atoms with Crippen molar-refractivity contribution in [3.05, 3.63) is 35.9 Å². The molecule has 0 aliphatic heterocycles. The van der Waals surface area contributed by atoms with Gasteiger partial charge in [0.1, 0.15) is 5.54 Å². The second kappa shape index (κ2) is 6.78. The highest BCUT2D eigenvalue weighted by Gasteiger charge is 2.58. The van der Waals surface area contributed by atoms with Crippen LogP contribution in [0.4, 0.5) is 13.2 Å². The Morgan fingerprint density at radius 1 is 1.36 bits per heavy atom. The Balaban J connectivity index is 0.000000295. The topological polar surface area (TPSA) is 89.6 Å². The third-order valence-corrected chi connectivity index (χ3v) is 3.10. The number of benzene rings is 1. The minimum atomic E-state index is -5.08. The molecule has 0 radical (unpaired) electrons. The highest BCUT2D eigenvalue weighted by atomic mass is 19.4. The normalized spacial score (nSPS) is 23.0. The van der Waals surface area contributed by atoms with Crippen molar-refractivity contribution in [1.82, 2.24) is 0 Å². The third kappa shape index (κ3) is 4.45. The van der Waals surface area contributed by atoms with Crippen LogP contribution < -0.4 is 5.73 Å². The summed E-state index contributed by atoms with van der Waals surface area (Å²) in [5.41, 5.74) is 6.32. The molecule has 1 aliphatic rings. The van der Waals surface area contributed by atoms with E-state index in [2.05, 4.69) is 0 Å². The molecule has 0 amide bonds. The molecule has 5 nitrogen and oxygen atoms in total. The van der Waals surface area contributed by atoms with Crippen LogP contribution in [-0.2, 0) is 14.3 Å². The van der Waals surface area contributed by atoms with Crippen LogP contribution in [0, 0.1) is 0 Å². The molecule has 0 saturated heterocycles. The van der Waals surface area contributed by atoms with Gasteiger partial charge in [-0.25, -0.2) is 4.79 Å². The molecule has 1 aliphatic carbocycles. The average Bonchev–Trinajstić information content (AvgIpc) is 3.13. The zero-order valence-corrected chi connectivity index (χ0v) is 11.8. The van der Waals surface area contributed by atoms with Gasteiger partial charge in [-0.05, 0) is 18.9 Å². The number of rotatable bonds is 3. The number of carbonyl (C=O) groups excluding carboxylic acids is 1. The van der Waals surface area contributed by atoms with Crippen LogP contribution >= 0.6 is 0 Å². The second-order valence-electron chi connectivity index (χ2n) is 4.73. The van der Waals surface area contributed by atoms with Gasteiger partial charge in [0.05, 0.1) is 6.61 Å². The number of carbonyl (C=O) groups is 2. The SMILES string of the molecule is CCOC(=O)[C@]1(N)C[C@@H]1c1ccccc1.O=C(O)C(F)(F)F. The fraction of sp³-hybridized carbons (Fsp3) is 0.429. The van der Waals surface area contributed by atoms with Gasteiger partial charge in [0.2, 0.25) is 0 Å². The molecule has 0 unspecified atom stereocenters. The Bertz CT molecular complexity index is 533. The van der Waals surface area contributed by atoms with E-state index in [9.17, 15) is 18.0 Å². The quantitative estimate of drug-likeness (QED) is 0.833. The fourth-order valence-electron chi connectivity index (χ4n) is 1.87. The van der Waals surface area contributed by atoms with Gasteiger partial charge in [-0.2, -0.15) is 13.2 Å². The summed E-state index contributed by atoms with van der Waals surface area (Å²) in [7, 11) is 0. The first-order valence-corrected chi connectivity index (χ1v) is 6.44. The Morgan fingerprint density at radius 3 is 2.27 bits per heavy atom. The van der Waals surface area contributed by atoms with Gasteiger partial charge >= 0.3 is 18.1 Å². The molecule has 1 aromatic carbocycles. The molecule has 22 heavy (non-hydrogen) atoms. The summed E-state index contributed by atoms with van der Waals surface area (Å²) in [6.07, 6.45) is -4.39. The van der Waals surface area contributed by atoms with Crippen LogP contribution in [0.5, 0.6) is 0 Å². The standard InChI is InChI=1S/C12H15NO2.C2HF3O2/c1-2-15-11(14)12(13)8-10(12)9-6-4-3-5-7-9;3-2(4,5)1(6)7/h3-7,10H,2,8,13H2,1H3;(H,6,7)/t10-,12+;/m1./s1. The number of hydrogen-bond acceptors (Lipinski definition) is 4. The number of alkyl halides is 3. The van der Waals surface area contributed by atoms with Crippen molar-refractivity contribution in [3.63, 3.8) is 0 Å². The molecule has 1 saturated carbocycles. The molecule has 122 valence electrons. The molecule has 1 aromatic rings. The molecular weight excluding hydrogens is 303 g/mol. The van der Waals surface area contributed by atoms with Gasteiger partial charge < -0.3 is 15.6 Å². The van der Waals surface area contributed by atoms with Crippen molar-refractivity contribution in [2.75, 3.05) is 6.61 Å². The molecule has 0 aromatic heterocycles. The summed E-state index contributed by atoms with van der Waals surface area (Å²) < 4.78 is 36.7. The summed E-state index contributed by atoms with van der Waals surface area (Å²) >= 11 is 0. The minimum absolute atomic E-state index is 0.123. The van der Waals surface area contributed by atoms with Crippen molar-refractivity contribution in [2.24, 2.45) is 5.73 Å². The van der Waals surface area contributed by atoms with E-state index in [1.54, 1.807) is 6.92 Å². The van der Waals surface area contributed by atoms with Gasteiger partial charge in [0.15, 0.2) is 0 Å². The molecule has 0 spiro atoms. The van der Waals surface area contributed by atoms with E-state index in [0.717, 1.165) is 5.56 Å². The van der Waals surface area contributed by atoms with Gasteiger partial charge in [-0.3, -0.25) is 4.79 Å². The fourth-order valence-corrected chi connectivity index (χ4v) is 1.87. The Morgan fingerprint density at radius 2 is 1.86 bits per heavy atom. The van der Waals surface area contributed by atoms with E-state index in [4.69, 9.17) is 20.4 Å². The lowest BCUT2D eigenvalue weighted by molar-refractivity contribution is -0.192. The van der Waals surface area contributed by atoms with E-state index in [-0.39, 0.29) is 11.9 Å². The highest BCUT2D eigenvalue weighted by molar-refractivity contribution is 5.86. The Hall–Kier alpha value is -2.09. The maximum Gasteiger partial charge on any atom is 0.490 e. The summed E-state index contributed by atoms with van der Waals surface area (Å²) in [6, 6.07) is 9.86. The molecule has 2 atom stereocenters. The maximum absolute atomic E-state index is 11.6. The lowest BCUT2D eigenvalue weighted by Gasteiger charge is -2.10. The Labute approximate surface area is 124 Å². The summed E-state index contributed by atoms with van der Waals surface area (Å²) in [6.45, 7) is 2.18. The van der Waals surface area contributed by atoms with Crippen LogP contribution in [0.15, 0.2) is 30.3 Å². The minimum Gasteiger partial charge on any atom is -0.475 e. The number of ether oxygens (including phenoxy) is 1. The maximum atomic E-state index is 11.6. The van der Waals surface area contributed by atoms with Crippen molar-refractivity contribution in [2.45, 2.75) is 31.0 Å². The molecule has 0 heterocycles. The van der Waals surface area contributed by atoms with Gasteiger partial charge in [0, 0.05) is 5.92 Å². The largest absolute Gasteiger partial charge is 0.490 e. The first-order chi connectivity index (χ1) is 10.1. The predicted octanol–water partition coefficient (Wildman–Crippen LogP) is 2.07. The van der Waals surface area contributed by atoms with E-state index >= 15 is 0 Å². The lowest BCUT2D eigenvalue weighted by atomic mass is 10.1. The smallest absolute Gasteiger partial charge is 0.475 e. The van der Waals surface area contributed by atoms with Crippen molar-refractivity contribution >= 4 is 11.9 Å². The van der Waals surface area contributed by atoms with Crippen LogP contribution in [0.2, 0.25) is 0 Å². The molecule has 2 rings (SSSR count). The lowest BCUT2D eigenvalue weighted by Crippen LogP contribution is -2.36. The van der Waals surface area contributed by atoms with Gasteiger partial charge in [-0.15, -0.1) is 0 Å². The van der Waals surface area contributed by atoms with E-state index in [1.807, 2.05) is 30.3 Å². The number of nitrogens with two attached hydrogens (primary N) is 1. The zero-order valence-electron chi connectivity index (χ0n) is 11.8. The van der Waals surface area contributed by atoms with E-state index in [0.29, 0.717) is 13.0 Å². The van der Waals surface area contributed by atoms with Crippen molar-refractivity contribution in [1.29, 1.82) is 0 Å². The second-order valence-corrected chi connectivity index (χ2v) is 4.73. The first kappa shape index (κ1) is 18.0. The Kier molecular flexibility index (Phi) is 5.54. The monoisotopic (exact) mass is 319 g/mol. The summed E-state index contributed by atoms with van der Waals surface area (Å²) in [5.74, 6) is -2.91. The molecular formula is C14H16F3NO4. The van der Waals surface area contributed by atoms with Gasteiger partial charge in [-0.1, -0.05) is 30.3 Å². The number of esters is 1. The van der Waals surface area contributed by atoms with Crippen LogP contribution in [0.1, 0.15) is 24.8 Å². The van der Waals surface area contributed by atoms with Crippen LogP contribution in [0.25, 0.3) is 0 Å². The molecule has 8 heteroatoms. The van der Waals surface area contributed by atoms with Crippen molar-refractivity contribution < 1.29 is 32.6 Å². The van der Waals surface area contributed by atoms with Gasteiger partial charge in [0.25, 0.3) is 0 Å². The van der Waals surface area contributed by atoms with Crippen LogP contribution in [-0.4, -0.2) is 35.4 Å². The highest BCUT2D eigenvalue weighted by Crippen LogP contribution is 2.50. The average molecular weight is 319 g/mol. The third-order valence-electron chi connectivity index (χ3n) is 3.10. The number of carboxylic acids is 1.